The van der Waals surface area contributed by atoms with Crippen LogP contribution in [0.25, 0.3) is 0 Å². The van der Waals surface area contributed by atoms with Gasteiger partial charge in [0, 0.05) is 24.8 Å². The van der Waals surface area contributed by atoms with Gasteiger partial charge in [-0.1, -0.05) is 19.1 Å². The lowest BCUT2D eigenvalue weighted by molar-refractivity contribution is 0.0945. The van der Waals surface area contributed by atoms with Crippen LogP contribution < -0.4 is 21.0 Å². The number of hydrogen-bond donors (Lipinski definition) is 3. The largest absolute Gasteiger partial charge is 0.494 e. The summed E-state index contributed by atoms with van der Waals surface area (Å²) in [5.74, 6) is 1.21. The summed E-state index contributed by atoms with van der Waals surface area (Å²) in [6, 6.07) is 11.3. The molecule has 8 heteroatoms. The van der Waals surface area contributed by atoms with E-state index in [-0.39, 0.29) is 5.91 Å². The third-order valence-electron chi connectivity index (χ3n) is 3.87. The average Bonchev–Trinajstić information content (AvgIpc) is 3.11. The summed E-state index contributed by atoms with van der Waals surface area (Å²) in [5.41, 5.74) is 8.68. The molecule has 1 amide bonds. The summed E-state index contributed by atoms with van der Waals surface area (Å²) in [6.45, 7) is 4.99. The third-order valence-corrected chi connectivity index (χ3v) is 3.87. The molecule has 2 aromatic rings. The Morgan fingerprint density at radius 3 is 2.89 bits per heavy atom. The number of hydrazine groups is 2. The summed E-state index contributed by atoms with van der Waals surface area (Å²) in [4.78, 5) is 16.9. The monoisotopic (exact) mass is 368 g/mol. The highest BCUT2D eigenvalue weighted by atomic mass is 16.5. The second-order valence-electron chi connectivity index (χ2n) is 6.29. The van der Waals surface area contributed by atoms with Gasteiger partial charge in [0.15, 0.2) is 5.84 Å². The molecule has 0 spiro atoms. The molecule has 0 saturated carbocycles. The maximum Gasteiger partial charge on any atom is 0.270 e. The number of nitrogens with zero attached hydrogens (tertiary/aromatic N) is 3. The van der Waals surface area contributed by atoms with Crippen molar-refractivity contribution in [2.45, 2.75) is 26.8 Å². The summed E-state index contributed by atoms with van der Waals surface area (Å²) in [7, 11) is 1.80. The van der Waals surface area contributed by atoms with Crippen LogP contribution in [0.3, 0.4) is 0 Å². The molecule has 1 aliphatic rings. The molecule has 1 aromatic carbocycles. The van der Waals surface area contributed by atoms with Crippen molar-refractivity contribution in [3.8, 4) is 5.75 Å². The van der Waals surface area contributed by atoms with Gasteiger partial charge in [0.05, 0.1) is 6.61 Å². The first-order valence-electron chi connectivity index (χ1n) is 8.88. The van der Waals surface area contributed by atoms with Gasteiger partial charge in [-0.2, -0.15) is 0 Å². The van der Waals surface area contributed by atoms with Crippen molar-refractivity contribution in [3.63, 3.8) is 0 Å². The van der Waals surface area contributed by atoms with E-state index in [0.29, 0.717) is 24.7 Å². The van der Waals surface area contributed by atoms with Crippen molar-refractivity contribution in [1.29, 1.82) is 0 Å². The van der Waals surface area contributed by atoms with Gasteiger partial charge >= 0.3 is 0 Å². The van der Waals surface area contributed by atoms with Crippen LogP contribution in [0.2, 0.25) is 0 Å². The van der Waals surface area contributed by atoms with Gasteiger partial charge in [-0.05, 0) is 43.2 Å². The Labute approximate surface area is 158 Å². The Morgan fingerprint density at radius 2 is 2.15 bits per heavy atom. The van der Waals surface area contributed by atoms with Crippen molar-refractivity contribution in [2.75, 3.05) is 13.7 Å². The number of ether oxygens (including phenoxy) is 1. The van der Waals surface area contributed by atoms with E-state index in [4.69, 9.17) is 4.74 Å². The van der Waals surface area contributed by atoms with Crippen molar-refractivity contribution >= 4 is 11.7 Å². The van der Waals surface area contributed by atoms with Crippen LogP contribution in [0.4, 0.5) is 0 Å². The van der Waals surface area contributed by atoms with Crippen molar-refractivity contribution < 1.29 is 9.53 Å². The smallest absolute Gasteiger partial charge is 0.270 e. The quantitative estimate of drug-likeness (QED) is 0.689. The normalized spacial score (nSPS) is 13.5. The lowest BCUT2D eigenvalue weighted by Gasteiger charge is -2.11. The molecule has 0 fully saturated rings. The molecule has 0 bridgehead atoms. The topological polar surface area (TPSA) is 90.9 Å². The molecule has 1 aliphatic heterocycles. The zero-order valence-electron chi connectivity index (χ0n) is 15.7. The van der Waals surface area contributed by atoms with Crippen LogP contribution in [-0.2, 0) is 6.54 Å². The number of hydrazone groups is 1. The van der Waals surface area contributed by atoms with Crippen molar-refractivity contribution in [1.82, 2.24) is 26.4 Å². The Hall–Kier alpha value is -3.13. The fourth-order valence-electron chi connectivity index (χ4n) is 2.62. The highest BCUT2D eigenvalue weighted by molar-refractivity contribution is 6.01. The van der Waals surface area contributed by atoms with Crippen molar-refractivity contribution in [2.24, 2.45) is 5.10 Å². The Balaban J connectivity index is 1.67. The highest BCUT2D eigenvalue weighted by Gasteiger charge is 2.16. The number of carbonyl (C=O) groups excluding carboxylic acids is 1. The fourth-order valence-corrected chi connectivity index (χ4v) is 2.62. The first-order chi connectivity index (χ1) is 13.0. The van der Waals surface area contributed by atoms with E-state index in [1.54, 1.807) is 18.2 Å². The number of amidine groups is 1. The van der Waals surface area contributed by atoms with Gasteiger partial charge in [-0.15, -0.1) is 10.2 Å². The van der Waals surface area contributed by atoms with Gasteiger partial charge in [0.1, 0.15) is 11.4 Å². The van der Waals surface area contributed by atoms with E-state index >= 15 is 0 Å². The summed E-state index contributed by atoms with van der Waals surface area (Å²) >= 11 is 0. The first kappa shape index (κ1) is 18.7. The fraction of sp³-hybridized carbons (Fsp3) is 0.316. The molecule has 0 atom stereocenters. The molecule has 8 nitrogen and oxygen atoms in total. The molecule has 0 radical (unpaired) electrons. The Morgan fingerprint density at radius 1 is 1.30 bits per heavy atom. The van der Waals surface area contributed by atoms with Gasteiger partial charge in [-0.25, -0.2) is 10.5 Å². The second kappa shape index (κ2) is 8.50. The predicted octanol–water partition coefficient (Wildman–Crippen LogP) is 1.73. The number of pyridine rings is 1. The number of hydrogen-bond acceptors (Lipinski definition) is 7. The standard InChI is InChI=1S/C19H24N6O2/c1-4-8-27-16-7-5-6-14(10-16)12-20-19(26)17-11-15(9-13(2)21-17)18-22-24-25(3)23-18/h5-7,9-11,24H,4,8,12H2,1-3H3,(H,20,26)(H,22,23). The summed E-state index contributed by atoms with van der Waals surface area (Å²) in [5, 5.41) is 8.70. The lowest BCUT2D eigenvalue weighted by atomic mass is 10.1. The highest BCUT2D eigenvalue weighted by Crippen LogP contribution is 2.14. The molecule has 0 unspecified atom stereocenters. The molecule has 27 heavy (non-hydrogen) atoms. The minimum atomic E-state index is -0.236. The summed E-state index contributed by atoms with van der Waals surface area (Å²) < 4.78 is 5.63. The molecular weight excluding hydrogens is 344 g/mol. The van der Waals surface area contributed by atoms with E-state index in [0.717, 1.165) is 29.0 Å². The number of benzene rings is 1. The molecule has 3 N–H and O–H groups in total. The molecule has 3 rings (SSSR count). The van der Waals surface area contributed by atoms with Crippen LogP contribution in [0.15, 0.2) is 41.5 Å². The average molecular weight is 368 g/mol. The maximum atomic E-state index is 12.6. The molecule has 0 aliphatic carbocycles. The van der Waals surface area contributed by atoms with Gasteiger partial charge in [0.25, 0.3) is 5.91 Å². The van der Waals surface area contributed by atoms with E-state index in [9.17, 15) is 4.79 Å². The first-order valence-corrected chi connectivity index (χ1v) is 8.88. The van der Waals surface area contributed by atoms with Gasteiger partial charge in [0.2, 0.25) is 0 Å². The van der Waals surface area contributed by atoms with Crippen LogP contribution in [-0.4, -0.2) is 35.5 Å². The number of carbonyl (C=O) groups is 1. The van der Waals surface area contributed by atoms with E-state index in [1.165, 1.54) is 0 Å². The molecular formula is C19H24N6O2. The number of aromatic nitrogens is 1. The third kappa shape index (κ3) is 4.95. The van der Waals surface area contributed by atoms with E-state index in [2.05, 4.69) is 33.3 Å². The number of nitrogens with one attached hydrogen (secondary N) is 3. The molecule has 0 saturated heterocycles. The predicted molar refractivity (Wildman–Crippen MR) is 103 cm³/mol. The van der Waals surface area contributed by atoms with Crippen LogP contribution >= 0.6 is 0 Å². The minimum absolute atomic E-state index is 0.236. The Kier molecular flexibility index (Phi) is 5.87. The maximum absolute atomic E-state index is 12.6. The molecule has 2 heterocycles. The Bertz CT molecular complexity index is 852. The molecule has 142 valence electrons. The molecule has 1 aromatic heterocycles. The zero-order valence-corrected chi connectivity index (χ0v) is 15.7. The van der Waals surface area contributed by atoms with Crippen molar-refractivity contribution in [3.05, 3.63) is 58.9 Å². The van der Waals surface area contributed by atoms with E-state index in [1.807, 2.05) is 37.3 Å². The summed E-state index contributed by atoms with van der Waals surface area (Å²) in [6.07, 6.45) is 0.952. The van der Waals surface area contributed by atoms with Gasteiger partial charge in [-0.3, -0.25) is 10.2 Å². The number of amides is 1. The van der Waals surface area contributed by atoms with Crippen LogP contribution in [0, 0.1) is 6.92 Å². The van der Waals surface area contributed by atoms with Gasteiger partial charge < -0.3 is 10.1 Å². The number of aryl methyl sites for hydroxylation is 1. The minimum Gasteiger partial charge on any atom is -0.494 e. The zero-order chi connectivity index (χ0) is 19.2. The lowest BCUT2D eigenvalue weighted by Crippen LogP contribution is -2.37. The second-order valence-corrected chi connectivity index (χ2v) is 6.29. The SMILES string of the molecule is CCCOc1cccc(CNC(=O)c2cc(C3=NNN(C)N3)cc(C)n2)c1. The van der Waals surface area contributed by atoms with Crippen LogP contribution in [0.1, 0.15) is 40.7 Å². The number of rotatable bonds is 7. The van der Waals surface area contributed by atoms with E-state index < -0.39 is 0 Å². The van der Waals surface area contributed by atoms with Crippen LogP contribution in [0.5, 0.6) is 5.75 Å².